The summed E-state index contributed by atoms with van der Waals surface area (Å²) < 4.78 is 11.1. The lowest BCUT2D eigenvalue weighted by Gasteiger charge is -2.09. The second-order valence-electron chi connectivity index (χ2n) is 6.90. The van der Waals surface area contributed by atoms with Gasteiger partial charge in [0.05, 0.1) is 5.75 Å². The Morgan fingerprint density at radius 3 is 2.67 bits per heavy atom. The van der Waals surface area contributed by atoms with E-state index in [4.69, 9.17) is 9.15 Å². The molecule has 1 amide bonds. The van der Waals surface area contributed by atoms with E-state index in [9.17, 15) is 14.4 Å². The molecular weight excluding hydrogens is 462 g/mol. The van der Waals surface area contributed by atoms with Gasteiger partial charge in [0, 0.05) is 18.1 Å². The Hall–Kier alpha value is -3.24. The topological polar surface area (TPSA) is 111 Å². The summed E-state index contributed by atoms with van der Waals surface area (Å²) in [5, 5.41) is 11.2. The number of nitrogens with one attached hydrogen (secondary N) is 1. The zero-order valence-corrected chi connectivity index (χ0v) is 19.8. The zero-order valence-electron chi connectivity index (χ0n) is 18.1. The molecule has 0 fully saturated rings. The Labute approximate surface area is 199 Å². The molecule has 0 aliphatic rings. The number of hydrogen-bond donors (Lipinski definition) is 1. The highest BCUT2D eigenvalue weighted by molar-refractivity contribution is 8.00. The van der Waals surface area contributed by atoms with Gasteiger partial charge in [-0.15, -0.1) is 10.2 Å². The number of esters is 1. The highest BCUT2D eigenvalue weighted by atomic mass is 32.2. The van der Waals surface area contributed by atoms with Crippen molar-refractivity contribution in [3.8, 4) is 5.75 Å². The molecule has 1 N–H and O–H groups in total. The first kappa shape index (κ1) is 24.4. The molecule has 8 nitrogen and oxygen atoms in total. The molecule has 3 aromatic rings. The summed E-state index contributed by atoms with van der Waals surface area (Å²) in [6.45, 7) is 3.94. The fourth-order valence-corrected chi connectivity index (χ4v) is 4.42. The summed E-state index contributed by atoms with van der Waals surface area (Å²) in [5.41, 5.74) is 0.373. The summed E-state index contributed by atoms with van der Waals surface area (Å²) in [4.78, 5) is 36.4. The van der Waals surface area contributed by atoms with Crippen molar-refractivity contribution < 1.29 is 18.7 Å². The van der Waals surface area contributed by atoms with Crippen LogP contribution in [0.4, 0.5) is 5.13 Å². The van der Waals surface area contributed by atoms with Gasteiger partial charge in [0.25, 0.3) is 0 Å². The molecule has 33 heavy (non-hydrogen) atoms. The average molecular weight is 486 g/mol. The van der Waals surface area contributed by atoms with Gasteiger partial charge in [-0.3, -0.25) is 9.59 Å². The summed E-state index contributed by atoms with van der Waals surface area (Å²) in [6.07, 6.45) is 5.48. The molecule has 0 saturated carbocycles. The first-order chi connectivity index (χ1) is 16.0. The summed E-state index contributed by atoms with van der Waals surface area (Å²) in [6, 6.07) is 10.5. The molecule has 0 radical (unpaired) electrons. The quantitative estimate of drug-likeness (QED) is 0.189. The van der Waals surface area contributed by atoms with Crippen LogP contribution in [-0.4, -0.2) is 22.1 Å². The van der Waals surface area contributed by atoms with Crippen molar-refractivity contribution in [1.82, 2.24) is 10.2 Å². The lowest BCUT2D eigenvalue weighted by Crippen LogP contribution is -2.21. The van der Waals surface area contributed by atoms with Gasteiger partial charge < -0.3 is 14.5 Å². The molecule has 0 atom stereocenters. The predicted molar refractivity (Wildman–Crippen MR) is 128 cm³/mol. The van der Waals surface area contributed by atoms with Crippen LogP contribution in [0.5, 0.6) is 5.75 Å². The number of amides is 1. The first-order valence-corrected chi connectivity index (χ1v) is 12.1. The van der Waals surface area contributed by atoms with Crippen LogP contribution in [0.1, 0.15) is 38.0 Å². The van der Waals surface area contributed by atoms with Crippen molar-refractivity contribution in [3.05, 3.63) is 70.3 Å². The SMILES string of the molecule is CCC(CC)C(=O)Nc1nnc(SCc2cc(=O)c(OC(=O)/C=C/c3ccccc3)co2)s1. The van der Waals surface area contributed by atoms with Gasteiger partial charge in [0.15, 0.2) is 4.34 Å². The van der Waals surface area contributed by atoms with E-state index in [0.29, 0.717) is 21.0 Å². The molecule has 0 unspecified atom stereocenters. The Balaban J connectivity index is 1.53. The van der Waals surface area contributed by atoms with E-state index >= 15 is 0 Å². The molecule has 0 spiro atoms. The number of thioether (sulfide) groups is 1. The number of anilines is 1. The van der Waals surface area contributed by atoms with Crippen LogP contribution in [0.3, 0.4) is 0 Å². The third-order valence-electron chi connectivity index (χ3n) is 4.61. The number of ether oxygens (including phenoxy) is 1. The van der Waals surface area contributed by atoms with Gasteiger partial charge >= 0.3 is 5.97 Å². The van der Waals surface area contributed by atoms with Crippen LogP contribution in [-0.2, 0) is 15.3 Å². The smallest absolute Gasteiger partial charge is 0.336 e. The van der Waals surface area contributed by atoms with E-state index in [0.717, 1.165) is 24.7 Å². The lowest BCUT2D eigenvalue weighted by molar-refractivity contribution is -0.129. The van der Waals surface area contributed by atoms with Gasteiger partial charge in [-0.25, -0.2) is 4.79 Å². The molecule has 0 bridgehead atoms. The van der Waals surface area contributed by atoms with E-state index < -0.39 is 11.4 Å². The number of hydrogen-bond acceptors (Lipinski definition) is 9. The summed E-state index contributed by atoms with van der Waals surface area (Å²) in [5.74, 6) is -0.267. The average Bonchev–Trinajstić information content (AvgIpc) is 3.26. The van der Waals surface area contributed by atoms with Crippen LogP contribution in [0.25, 0.3) is 6.08 Å². The molecule has 172 valence electrons. The zero-order chi connectivity index (χ0) is 23.6. The second-order valence-corrected chi connectivity index (χ2v) is 9.10. The van der Waals surface area contributed by atoms with E-state index in [1.807, 2.05) is 44.2 Å². The van der Waals surface area contributed by atoms with Crippen molar-refractivity contribution in [2.45, 2.75) is 36.8 Å². The molecule has 10 heteroatoms. The molecule has 0 aliphatic heterocycles. The minimum atomic E-state index is -0.676. The third-order valence-corrected chi connectivity index (χ3v) is 6.60. The number of nitrogens with zero attached hydrogens (tertiary/aromatic N) is 2. The van der Waals surface area contributed by atoms with E-state index in [-0.39, 0.29) is 17.6 Å². The van der Waals surface area contributed by atoms with Crippen LogP contribution in [0.15, 0.2) is 62.3 Å². The standard InChI is InChI=1S/C23H23N3O5S2/c1-3-16(4-2)21(29)24-22-25-26-23(33-22)32-14-17-12-18(27)19(13-30-17)31-20(28)11-10-15-8-6-5-7-9-15/h5-13,16H,3-4,14H2,1-2H3,(H,24,25,29)/b11-10+. The van der Waals surface area contributed by atoms with Crippen LogP contribution < -0.4 is 15.5 Å². The second kappa shape index (κ2) is 12.1. The molecule has 2 aromatic heterocycles. The molecule has 0 aliphatic carbocycles. The lowest BCUT2D eigenvalue weighted by atomic mass is 10.0. The van der Waals surface area contributed by atoms with Crippen molar-refractivity contribution in [1.29, 1.82) is 0 Å². The van der Waals surface area contributed by atoms with Crippen molar-refractivity contribution in [2.24, 2.45) is 5.92 Å². The maximum absolute atomic E-state index is 12.3. The van der Waals surface area contributed by atoms with Gasteiger partial charge in [-0.05, 0) is 24.5 Å². The fourth-order valence-electron chi connectivity index (χ4n) is 2.78. The maximum atomic E-state index is 12.3. The minimum absolute atomic E-state index is 0.0549. The van der Waals surface area contributed by atoms with E-state index in [1.165, 1.54) is 35.2 Å². The normalized spacial score (nSPS) is 11.1. The molecular formula is C23H23N3O5S2. The summed E-state index contributed by atoms with van der Waals surface area (Å²) >= 11 is 2.57. The number of benzene rings is 1. The number of carbonyl (C=O) groups is 2. The molecule has 3 rings (SSSR count). The van der Waals surface area contributed by atoms with Crippen molar-refractivity contribution in [2.75, 3.05) is 5.32 Å². The predicted octanol–water partition coefficient (Wildman–Crippen LogP) is 4.78. The first-order valence-electron chi connectivity index (χ1n) is 10.3. The number of aromatic nitrogens is 2. The van der Waals surface area contributed by atoms with Crippen molar-refractivity contribution in [3.63, 3.8) is 0 Å². The molecule has 1 aromatic carbocycles. The Kier molecular flexibility index (Phi) is 8.96. The van der Waals surface area contributed by atoms with E-state index in [1.54, 1.807) is 6.08 Å². The fraction of sp³-hybridized carbons (Fsp3) is 0.261. The third kappa shape index (κ3) is 7.40. The summed E-state index contributed by atoms with van der Waals surface area (Å²) in [7, 11) is 0. The van der Waals surface area contributed by atoms with Crippen LogP contribution >= 0.6 is 23.1 Å². The van der Waals surface area contributed by atoms with Crippen LogP contribution in [0.2, 0.25) is 0 Å². The highest BCUT2D eigenvalue weighted by Crippen LogP contribution is 2.28. The highest BCUT2D eigenvalue weighted by Gasteiger charge is 2.16. The Bertz CT molecular complexity index is 1170. The Morgan fingerprint density at radius 1 is 1.21 bits per heavy atom. The minimum Gasteiger partial charge on any atom is -0.464 e. The van der Waals surface area contributed by atoms with E-state index in [2.05, 4.69) is 15.5 Å². The van der Waals surface area contributed by atoms with Crippen LogP contribution in [0, 0.1) is 5.92 Å². The molecule has 0 saturated heterocycles. The number of rotatable bonds is 10. The largest absolute Gasteiger partial charge is 0.464 e. The van der Waals surface area contributed by atoms with Gasteiger partial charge in [0.1, 0.15) is 12.0 Å². The Morgan fingerprint density at radius 2 is 1.97 bits per heavy atom. The maximum Gasteiger partial charge on any atom is 0.336 e. The van der Waals surface area contributed by atoms with Gasteiger partial charge in [0.2, 0.25) is 22.2 Å². The monoisotopic (exact) mass is 485 g/mol. The van der Waals surface area contributed by atoms with Crippen molar-refractivity contribution >= 4 is 46.2 Å². The number of carbonyl (C=O) groups excluding carboxylic acids is 2. The molecule has 2 heterocycles. The van der Waals surface area contributed by atoms with Gasteiger partial charge in [-0.2, -0.15) is 0 Å². The van der Waals surface area contributed by atoms with Gasteiger partial charge in [-0.1, -0.05) is 67.3 Å².